The number of aliphatic hydroxyl groups is 1. The largest absolute Gasteiger partial charge is 0.502 e. The number of carbonyl (C=O) groups is 1. The van der Waals surface area contributed by atoms with E-state index in [1.54, 1.807) is 0 Å². The summed E-state index contributed by atoms with van der Waals surface area (Å²) in [5.41, 5.74) is 1.10. The second kappa shape index (κ2) is 6.64. The smallest absolute Gasteiger partial charge is 0.311 e. The van der Waals surface area contributed by atoms with Crippen LogP contribution in [0.1, 0.15) is 5.56 Å². The van der Waals surface area contributed by atoms with Crippen LogP contribution >= 0.6 is 0 Å². The molecule has 9 nitrogen and oxygen atoms in total. The number of nitro groups is 1. The molecule has 0 fully saturated rings. The van der Waals surface area contributed by atoms with E-state index in [1.165, 1.54) is 17.6 Å². The summed E-state index contributed by atoms with van der Waals surface area (Å²) in [4.78, 5) is 20.9. The Hall–Kier alpha value is -2.23. The van der Waals surface area contributed by atoms with Crippen LogP contribution in [0.3, 0.4) is 0 Å². The summed E-state index contributed by atoms with van der Waals surface area (Å²) < 4.78 is 0. The van der Waals surface area contributed by atoms with Gasteiger partial charge in [-0.05, 0) is 0 Å². The van der Waals surface area contributed by atoms with Gasteiger partial charge in [0.1, 0.15) is 6.04 Å². The number of phenols is 1. The van der Waals surface area contributed by atoms with Gasteiger partial charge in [-0.15, -0.1) is 0 Å². The third kappa shape index (κ3) is 3.61. The number of hydroxylamine groups is 1. The molecule has 9 heteroatoms. The van der Waals surface area contributed by atoms with Gasteiger partial charge in [0.2, 0.25) is 0 Å². The number of carbonyl (C=O) groups excluding carboxylic acids is 1. The van der Waals surface area contributed by atoms with Crippen molar-refractivity contribution in [3.05, 3.63) is 33.9 Å². The molecule has 0 radical (unpaired) electrons. The molecule has 1 rings (SSSR count). The lowest BCUT2D eigenvalue weighted by molar-refractivity contribution is -0.385. The van der Waals surface area contributed by atoms with Crippen molar-refractivity contribution in [2.75, 3.05) is 6.61 Å². The van der Waals surface area contributed by atoms with Crippen LogP contribution in [-0.4, -0.2) is 38.9 Å². The van der Waals surface area contributed by atoms with Crippen LogP contribution < -0.4 is 10.8 Å². The van der Waals surface area contributed by atoms with Crippen molar-refractivity contribution < 1.29 is 25.1 Å². The number of benzene rings is 1. The molecule has 0 aromatic heterocycles. The van der Waals surface area contributed by atoms with Gasteiger partial charge < -0.3 is 10.2 Å². The highest BCUT2D eigenvalue weighted by molar-refractivity contribution is 5.80. The van der Waals surface area contributed by atoms with E-state index in [-0.39, 0.29) is 12.1 Å². The van der Waals surface area contributed by atoms with Gasteiger partial charge in [0, 0.05) is 18.2 Å². The maximum atomic E-state index is 11.1. The van der Waals surface area contributed by atoms with Crippen LogP contribution in [0.4, 0.5) is 5.69 Å². The fourth-order valence-corrected chi connectivity index (χ4v) is 1.42. The molecule has 0 aliphatic heterocycles. The van der Waals surface area contributed by atoms with Crippen LogP contribution in [0.15, 0.2) is 18.2 Å². The maximum absolute atomic E-state index is 11.1. The molecule has 0 saturated heterocycles. The first-order valence-corrected chi connectivity index (χ1v) is 5.24. The van der Waals surface area contributed by atoms with E-state index >= 15 is 0 Å². The number of nitrogens with zero attached hydrogens (tertiary/aromatic N) is 1. The number of phenolic OH excluding ortho intramolecular Hbond substituents is 1. The first kappa shape index (κ1) is 14.8. The Morgan fingerprint density at radius 1 is 1.47 bits per heavy atom. The zero-order chi connectivity index (χ0) is 14.4. The summed E-state index contributed by atoms with van der Waals surface area (Å²) in [7, 11) is 0. The Bertz CT molecular complexity index is 478. The van der Waals surface area contributed by atoms with E-state index in [1.807, 2.05) is 0 Å². The van der Waals surface area contributed by atoms with E-state index in [0.717, 1.165) is 6.07 Å². The van der Waals surface area contributed by atoms with E-state index in [9.17, 15) is 20.0 Å². The Morgan fingerprint density at radius 2 is 2.16 bits per heavy atom. The average Bonchev–Trinajstić information content (AvgIpc) is 2.40. The van der Waals surface area contributed by atoms with Crippen molar-refractivity contribution in [3.63, 3.8) is 0 Å². The number of aromatic hydroxyl groups is 1. The molecule has 0 unspecified atom stereocenters. The normalized spacial score (nSPS) is 11.9. The van der Waals surface area contributed by atoms with Crippen molar-refractivity contribution in [1.82, 2.24) is 10.8 Å². The van der Waals surface area contributed by atoms with Crippen molar-refractivity contribution in [2.24, 2.45) is 0 Å². The van der Waals surface area contributed by atoms with Crippen LogP contribution in [0, 0.1) is 10.1 Å². The molecule has 0 bridgehead atoms. The number of hydrogen-bond donors (Lipinski definition) is 5. The minimum Gasteiger partial charge on any atom is -0.502 e. The van der Waals surface area contributed by atoms with E-state index in [0.29, 0.717) is 0 Å². The molecule has 1 atom stereocenters. The van der Waals surface area contributed by atoms with Crippen LogP contribution in [0.25, 0.3) is 0 Å². The lowest BCUT2D eigenvalue weighted by Crippen LogP contribution is -2.45. The van der Waals surface area contributed by atoms with E-state index in [2.05, 4.69) is 5.32 Å². The first-order valence-electron chi connectivity index (χ1n) is 5.24. The van der Waals surface area contributed by atoms with Gasteiger partial charge in [0.25, 0.3) is 5.91 Å². The molecule has 1 amide bonds. The van der Waals surface area contributed by atoms with Crippen LogP contribution in [-0.2, 0) is 11.3 Å². The number of amides is 1. The second-order valence-corrected chi connectivity index (χ2v) is 3.63. The van der Waals surface area contributed by atoms with Crippen molar-refractivity contribution >= 4 is 11.6 Å². The molecular weight excluding hydrogens is 258 g/mol. The molecule has 5 N–H and O–H groups in total. The number of aliphatic hydroxyl groups excluding tert-OH is 1. The minimum atomic E-state index is -1.09. The summed E-state index contributed by atoms with van der Waals surface area (Å²) in [6.07, 6.45) is 0. The predicted molar refractivity (Wildman–Crippen MR) is 62.4 cm³/mol. The summed E-state index contributed by atoms with van der Waals surface area (Å²) >= 11 is 0. The number of hydrogen-bond acceptors (Lipinski definition) is 7. The number of nitro benzene ring substituents is 1. The highest BCUT2D eigenvalue weighted by atomic mass is 16.6. The fourth-order valence-electron chi connectivity index (χ4n) is 1.42. The number of para-hydroxylation sites is 1. The van der Waals surface area contributed by atoms with Crippen LogP contribution in [0.5, 0.6) is 5.75 Å². The molecule has 0 saturated carbocycles. The van der Waals surface area contributed by atoms with Crippen molar-refractivity contribution in [1.29, 1.82) is 0 Å². The topological polar surface area (TPSA) is 145 Å². The predicted octanol–water partition coefficient (Wildman–Crippen LogP) is -0.744. The Balaban J connectivity index is 2.80. The Labute approximate surface area is 107 Å². The van der Waals surface area contributed by atoms with Gasteiger partial charge in [0.15, 0.2) is 5.75 Å². The molecular formula is C10H13N3O6. The quantitative estimate of drug-likeness (QED) is 0.260. The van der Waals surface area contributed by atoms with E-state index in [4.69, 9.17) is 10.3 Å². The fraction of sp³-hybridized carbons (Fsp3) is 0.300. The highest BCUT2D eigenvalue weighted by Crippen LogP contribution is 2.29. The SMILES string of the molecule is O=C(NO)[C@H](CO)NCc1cccc([N+](=O)[O-])c1O. The molecule has 1 aromatic rings. The summed E-state index contributed by atoms with van der Waals surface area (Å²) in [6, 6.07) is 2.86. The zero-order valence-electron chi connectivity index (χ0n) is 9.74. The Morgan fingerprint density at radius 3 is 2.68 bits per heavy atom. The monoisotopic (exact) mass is 271 g/mol. The van der Waals surface area contributed by atoms with Crippen molar-refractivity contribution in [3.8, 4) is 5.75 Å². The summed E-state index contributed by atoms with van der Waals surface area (Å²) in [6.45, 7) is -0.672. The van der Waals surface area contributed by atoms with Gasteiger partial charge in [-0.25, -0.2) is 5.48 Å². The average molecular weight is 271 g/mol. The van der Waals surface area contributed by atoms with Gasteiger partial charge in [-0.3, -0.25) is 25.4 Å². The molecule has 104 valence electrons. The Kier molecular flexibility index (Phi) is 5.18. The molecule has 0 heterocycles. The van der Waals surface area contributed by atoms with Gasteiger partial charge >= 0.3 is 5.69 Å². The lowest BCUT2D eigenvalue weighted by Gasteiger charge is -2.14. The third-order valence-corrected chi connectivity index (χ3v) is 2.44. The molecule has 0 spiro atoms. The zero-order valence-corrected chi connectivity index (χ0v) is 9.74. The molecule has 0 aliphatic rings. The summed E-state index contributed by atoms with van der Waals surface area (Å²) in [5, 5.41) is 40.1. The number of nitrogens with one attached hydrogen (secondary N) is 2. The standard InChI is InChI=1S/C10H13N3O6/c14-5-7(10(16)12-17)11-4-6-2-1-3-8(9(6)15)13(18)19/h1-3,7,11,14-15,17H,4-5H2,(H,12,16)/t7-/m0/s1. The highest BCUT2D eigenvalue weighted by Gasteiger charge is 2.19. The molecule has 19 heavy (non-hydrogen) atoms. The lowest BCUT2D eigenvalue weighted by atomic mass is 10.1. The second-order valence-electron chi connectivity index (χ2n) is 3.63. The van der Waals surface area contributed by atoms with Crippen LogP contribution in [0.2, 0.25) is 0 Å². The molecule has 1 aromatic carbocycles. The minimum absolute atomic E-state index is 0.0911. The van der Waals surface area contributed by atoms with Gasteiger partial charge in [-0.2, -0.15) is 0 Å². The van der Waals surface area contributed by atoms with E-state index < -0.39 is 34.9 Å². The summed E-state index contributed by atoms with van der Waals surface area (Å²) in [5.74, 6) is -1.37. The van der Waals surface area contributed by atoms with Crippen molar-refractivity contribution in [2.45, 2.75) is 12.6 Å². The van der Waals surface area contributed by atoms with Gasteiger partial charge in [0.05, 0.1) is 11.5 Å². The third-order valence-electron chi connectivity index (χ3n) is 2.44. The first-order chi connectivity index (χ1) is 9.01. The number of rotatable bonds is 6. The molecule has 0 aliphatic carbocycles. The van der Waals surface area contributed by atoms with Gasteiger partial charge in [-0.1, -0.05) is 12.1 Å². The maximum Gasteiger partial charge on any atom is 0.311 e.